The monoisotopic (exact) mass is 322 g/mol. The van der Waals surface area contributed by atoms with E-state index in [-0.39, 0.29) is 16.1 Å². The van der Waals surface area contributed by atoms with E-state index in [2.05, 4.69) is 0 Å². The van der Waals surface area contributed by atoms with E-state index >= 15 is 0 Å². The van der Waals surface area contributed by atoms with E-state index in [1.54, 1.807) is 0 Å². The van der Waals surface area contributed by atoms with Crippen LogP contribution >= 0.6 is 11.6 Å². The second-order valence-corrected chi connectivity index (χ2v) is 4.71. The molecule has 0 aliphatic carbocycles. The van der Waals surface area contributed by atoms with Crippen LogP contribution in [0.5, 0.6) is 0 Å². The van der Waals surface area contributed by atoms with Crippen LogP contribution in [0.25, 0.3) is 0 Å². The van der Waals surface area contributed by atoms with E-state index in [0.29, 0.717) is 12.1 Å². The van der Waals surface area contributed by atoms with Crippen LogP contribution in [0.4, 0.5) is 22.0 Å². The van der Waals surface area contributed by atoms with Crippen LogP contribution in [0.2, 0.25) is 5.02 Å². The molecule has 2 aromatic carbocycles. The SMILES string of the molecule is OC(c1ccc(C(F)(F)F)c(F)c1)c1ccc(F)cc1Cl. The molecule has 0 radical (unpaired) electrons. The fourth-order valence-electron chi connectivity index (χ4n) is 1.83. The highest BCUT2D eigenvalue weighted by atomic mass is 35.5. The fraction of sp³-hybridized carbons (Fsp3) is 0.143. The van der Waals surface area contributed by atoms with E-state index in [1.807, 2.05) is 0 Å². The molecule has 0 heterocycles. The van der Waals surface area contributed by atoms with Crippen LogP contribution in [0.3, 0.4) is 0 Å². The average molecular weight is 323 g/mol. The van der Waals surface area contributed by atoms with Gasteiger partial charge in [-0.25, -0.2) is 8.78 Å². The van der Waals surface area contributed by atoms with Crippen molar-refractivity contribution in [2.75, 3.05) is 0 Å². The largest absolute Gasteiger partial charge is 0.419 e. The lowest BCUT2D eigenvalue weighted by Crippen LogP contribution is -2.09. The molecule has 7 heteroatoms. The predicted octanol–water partition coefficient (Wildman–Crippen LogP) is 4.72. The molecular weight excluding hydrogens is 315 g/mol. The number of aliphatic hydroxyl groups excluding tert-OH is 1. The summed E-state index contributed by atoms with van der Waals surface area (Å²) in [5, 5.41) is 9.92. The second kappa shape index (κ2) is 5.61. The minimum atomic E-state index is -4.82. The zero-order valence-corrected chi connectivity index (χ0v) is 11.0. The molecule has 1 unspecified atom stereocenters. The molecule has 1 N–H and O–H groups in total. The number of hydrogen-bond donors (Lipinski definition) is 1. The van der Waals surface area contributed by atoms with Crippen molar-refractivity contribution in [2.45, 2.75) is 12.3 Å². The first-order valence-corrected chi connectivity index (χ1v) is 6.07. The van der Waals surface area contributed by atoms with Gasteiger partial charge in [0.2, 0.25) is 0 Å². The average Bonchev–Trinajstić information content (AvgIpc) is 2.36. The van der Waals surface area contributed by atoms with E-state index in [9.17, 15) is 27.1 Å². The summed E-state index contributed by atoms with van der Waals surface area (Å²) in [4.78, 5) is 0. The van der Waals surface area contributed by atoms with E-state index in [4.69, 9.17) is 11.6 Å². The Morgan fingerprint density at radius 1 is 1.00 bits per heavy atom. The van der Waals surface area contributed by atoms with Crippen molar-refractivity contribution < 1.29 is 27.1 Å². The summed E-state index contributed by atoms with van der Waals surface area (Å²) in [5.74, 6) is -2.13. The lowest BCUT2D eigenvalue weighted by atomic mass is 10.00. The van der Waals surface area contributed by atoms with Crippen LogP contribution < -0.4 is 0 Å². The molecule has 112 valence electrons. The fourth-order valence-corrected chi connectivity index (χ4v) is 2.10. The summed E-state index contributed by atoms with van der Waals surface area (Å²) >= 11 is 5.74. The molecule has 2 rings (SSSR count). The summed E-state index contributed by atoms with van der Waals surface area (Å²) in [5.41, 5.74) is -1.48. The van der Waals surface area contributed by atoms with E-state index in [1.165, 1.54) is 6.07 Å². The highest BCUT2D eigenvalue weighted by Gasteiger charge is 2.34. The Bertz CT molecular complexity index is 669. The van der Waals surface area contributed by atoms with Crippen molar-refractivity contribution in [1.29, 1.82) is 0 Å². The molecule has 0 bridgehead atoms. The zero-order chi connectivity index (χ0) is 15.8. The Hall–Kier alpha value is -1.66. The Labute approximate surface area is 121 Å². The van der Waals surface area contributed by atoms with Crippen LogP contribution in [0, 0.1) is 11.6 Å². The third-order valence-corrected chi connectivity index (χ3v) is 3.20. The van der Waals surface area contributed by atoms with Gasteiger partial charge in [0.15, 0.2) is 0 Å². The lowest BCUT2D eigenvalue weighted by molar-refractivity contribution is -0.140. The minimum Gasteiger partial charge on any atom is -0.384 e. The van der Waals surface area contributed by atoms with Gasteiger partial charge < -0.3 is 5.11 Å². The first kappa shape index (κ1) is 15.7. The molecule has 1 atom stereocenters. The number of rotatable bonds is 2. The molecule has 0 aromatic heterocycles. The first-order valence-electron chi connectivity index (χ1n) is 5.70. The van der Waals surface area contributed by atoms with Gasteiger partial charge in [-0.1, -0.05) is 23.7 Å². The normalized spacial score (nSPS) is 13.3. The van der Waals surface area contributed by atoms with Crippen molar-refractivity contribution in [3.63, 3.8) is 0 Å². The lowest BCUT2D eigenvalue weighted by Gasteiger charge is -2.15. The van der Waals surface area contributed by atoms with Crippen LogP contribution in [0.1, 0.15) is 22.8 Å². The van der Waals surface area contributed by atoms with Crippen LogP contribution in [-0.4, -0.2) is 5.11 Å². The van der Waals surface area contributed by atoms with Gasteiger partial charge in [-0.3, -0.25) is 0 Å². The predicted molar refractivity (Wildman–Crippen MR) is 66.9 cm³/mol. The standard InChI is InChI=1S/C14H8ClF5O/c15-11-6-8(16)2-3-9(11)13(21)7-1-4-10(12(17)5-7)14(18,19)20/h1-6,13,21H. The summed E-state index contributed by atoms with van der Waals surface area (Å²) in [6, 6.07) is 5.21. The maximum Gasteiger partial charge on any atom is 0.419 e. The van der Waals surface area contributed by atoms with Crippen LogP contribution in [0.15, 0.2) is 36.4 Å². The zero-order valence-electron chi connectivity index (χ0n) is 10.3. The quantitative estimate of drug-likeness (QED) is 0.793. The van der Waals surface area contributed by atoms with Gasteiger partial charge in [-0.15, -0.1) is 0 Å². The van der Waals surface area contributed by atoms with Gasteiger partial charge in [-0.2, -0.15) is 13.2 Å². The van der Waals surface area contributed by atoms with Gasteiger partial charge in [0.05, 0.1) is 5.56 Å². The topological polar surface area (TPSA) is 20.2 Å². The Morgan fingerprint density at radius 2 is 1.67 bits per heavy atom. The highest BCUT2D eigenvalue weighted by Crippen LogP contribution is 2.34. The number of aliphatic hydroxyl groups is 1. The molecule has 0 saturated heterocycles. The molecular formula is C14H8ClF5O. The number of benzene rings is 2. The maximum absolute atomic E-state index is 13.5. The van der Waals surface area contributed by atoms with Gasteiger partial charge in [0.25, 0.3) is 0 Å². The molecule has 0 amide bonds. The van der Waals surface area contributed by atoms with E-state index in [0.717, 1.165) is 18.2 Å². The van der Waals surface area contributed by atoms with E-state index < -0.39 is 29.5 Å². The Kier molecular flexibility index (Phi) is 4.20. The van der Waals surface area contributed by atoms with Gasteiger partial charge in [0.1, 0.15) is 17.7 Å². The third kappa shape index (κ3) is 3.33. The van der Waals surface area contributed by atoms with Crippen molar-refractivity contribution in [3.8, 4) is 0 Å². The van der Waals surface area contributed by atoms with Gasteiger partial charge >= 0.3 is 6.18 Å². The Balaban J connectivity index is 2.40. The molecule has 0 fully saturated rings. The molecule has 0 spiro atoms. The number of halogens is 6. The second-order valence-electron chi connectivity index (χ2n) is 4.31. The van der Waals surface area contributed by atoms with Gasteiger partial charge in [-0.05, 0) is 29.8 Å². The highest BCUT2D eigenvalue weighted by molar-refractivity contribution is 6.31. The summed E-state index contributed by atoms with van der Waals surface area (Å²) in [6.45, 7) is 0. The molecule has 2 aromatic rings. The van der Waals surface area contributed by atoms with Crippen molar-refractivity contribution in [3.05, 3.63) is 69.7 Å². The van der Waals surface area contributed by atoms with Crippen molar-refractivity contribution in [2.24, 2.45) is 0 Å². The Morgan fingerprint density at radius 3 is 2.19 bits per heavy atom. The summed E-state index contributed by atoms with van der Waals surface area (Å²) in [6.07, 6.45) is -6.28. The maximum atomic E-state index is 13.5. The minimum absolute atomic E-state index is 0.0669. The smallest absolute Gasteiger partial charge is 0.384 e. The third-order valence-electron chi connectivity index (χ3n) is 2.87. The van der Waals surface area contributed by atoms with Crippen molar-refractivity contribution >= 4 is 11.6 Å². The molecule has 0 saturated carbocycles. The van der Waals surface area contributed by atoms with Gasteiger partial charge in [0, 0.05) is 10.6 Å². The molecule has 21 heavy (non-hydrogen) atoms. The summed E-state index contributed by atoms with van der Waals surface area (Å²) < 4.78 is 63.7. The van der Waals surface area contributed by atoms with Crippen molar-refractivity contribution in [1.82, 2.24) is 0 Å². The number of hydrogen-bond acceptors (Lipinski definition) is 1. The molecule has 0 aliphatic heterocycles. The van der Waals surface area contributed by atoms with Crippen LogP contribution in [-0.2, 0) is 6.18 Å². The number of alkyl halides is 3. The molecule has 1 nitrogen and oxygen atoms in total. The molecule has 0 aliphatic rings. The summed E-state index contributed by atoms with van der Waals surface area (Å²) in [7, 11) is 0. The first-order chi connectivity index (χ1) is 9.70.